The van der Waals surface area contributed by atoms with Gasteiger partial charge in [-0.15, -0.1) is 0 Å². The fourth-order valence-electron chi connectivity index (χ4n) is 2.98. The molecule has 2 rings (SSSR count). The average molecular weight is 293 g/mol. The Labute approximate surface area is 127 Å². The molecule has 5 nitrogen and oxygen atoms in total. The molecule has 1 atom stereocenters. The van der Waals surface area contributed by atoms with Gasteiger partial charge in [0.25, 0.3) is 0 Å². The summed E-state index contributed by atoms with van der Waals surface area (Å²) in [5.41, 5.74) is 1.01. The molecule has 0 aliphatic heterocycles. The maximum atomic E-state index is 5.71. The SMILES string of the molecule is COCCNCc1ccnc(C(OC)C2CCCCC2)n1. The lowest BCUT2D eigenvalue weighted by Crippen LogP contribution is -2.22. The van der Waals surface area contributed by atoms with Gasteiger partial charge in [-0.25, -0.2) is 9.97 Å². The molecule has 0 amide bonds. The highest BCUT2D eigenvalue weighted by Crippen LogP contribution is 2.35. The third kappa shape index (κ3) is 5.02. The van der Waals surface area contributed by atoms with Crippen molar-refractivity contribution in [3.63, 3.8) is 0 Å². The molecule has 1 aromatic heterocycles. The highest BCUT2D eigenvalue weighted by atomic mass is 16.5. The molecule has 1 saturated carbocycles. The number of rotatable bonds is 8. The summed E-state index contributed by atoms with van der Waals surface area (Å²) < 4.78 is 10.7. The summed E-state index contributed by atoms with van der Waals surface area (Å²) >= 11 is 0. The Morgan fingerprint density at radius 1 is 1.29 bits per heavy atom. The summed E-state index contributed by atoms with van der Waals surface area (Å²) in [5, 5.41) is 3.31. The molecule has 1 fully saturated rings. The van der Waals surface area contributed by atoms with Crippen molar-refractivity contribution in [1.29, 1.82) is 0 Å². The normalized spacial score (nSPS) is 17.8. The average Bonchev–Trinajstić information content (AvgIpc) is 2.54. The zero-order valence-corrected chi connectivity index (χ0v) is 13.2. The first-order chi connectivity index (χ1) is 10.3. The summed E-state index contributed by atoms with van der Waals surface area (Å²) in [6.45, 7) is 2.27. The molecule has 1 aliphatic rings. The highest BCUT2D eigenvalue weighted by molar-refractivity contribution is 5.05. The van der Waals surface area contributed by atoms with E-state index in [2.05, 4.69) is 15.3 Å². The number of nitrogens with zero attached hydrogens (tertiary/aromatic N) is 2. The van der Waals surface area contributed by atoms with Crippen LogP contribution in [0.4, 0.5) is 0 Å². The van der Waals surface area contributed by atoms with E-state index >= 15 is 0 Å². The van der Waals surface area contributed by atoms with Crippen LogP contribution in [0.25, 0.3) is 0 Å². The van der Waals surface area contributed by atoms with Crippen LogP contribution in [0.5, 0.6) is 0 Å². The molecule has 0 spiro atoms. The van der Waals surface area contributed by atoms with Gasteiger partial charge in [-0.05, 0) is 24.8 Å². The Bertz CT molecular complexity index is 408. The van der Waals surface area contributed by atoms with Crippen LogP contribution < -0.4 is 5.32 Å². The smallest absolute Gasteiger partial charge is 0.157 e. The predicted octanol–water partition coefficient (Wildman–Crippen LogP) is 2.48. The fraction of sp³-hybridized carbons (Fsp3) is 0.750. The van der Waals surface area contributed by atoms with Crippen LogP contribution in [0.2, 0.25) is 0 Å². The molecule has 21 heavy (non-hydrogen) atoms. The number of aromatic nitrogens is 2. The molecule has 1 heterocycles. The van der Waals surface area contributed by atoms with Crippen molar-refractivity contribution < 1.29 is 9.47 Å². The Hall–Kier alpha value is -1.04. The number of hydrogen-bond acceptors (Lipinski definition) is 5. The van der Waals surface area contributed by atoms with Gasteiger partial charge < -0.3 is 14.8 Å². The molecular formula is C16H27N3O2. The summed E-state index contributed by atoms with van der Waals surface area (Å²) in [6, 6.07) is 1.96. The van der Waals surface area contributed by atoms with Crippen LogP contribution in [0.15, 0.2) is 12.3 Å². The molecule has 1 aromatic rings. The van der Waals surface area contributed by atoms with Crippen LogP contribution in [0, 0.1) is 5.92 Å². The second-order valence-electron chi connectivity index (χ2n) is 5.63. The zero-order chi connectivity index (χ0) is 14.9. The summed E-state index contributed by atoms with van der Waals surface area (Å²) in [7, 11) is 3.48. The minimum absolute atomic E-state index is 0.0317. The second-order valence-corrected chi connectivity index (χ2v) is 5.63. The number of ether oxygens (including phenoxy) is 2. The molecular weight excluding hydrogens is 266 g/mol. The quantitative estimate of drug-likeness (QED) is 0.746. The van der Waals surface area contributed by atoms with E-state index in [0.29, 0.717) is 12.5 Å². The van der Waals surface area contributed by atoms with E-state index < -0.39 is 0 Å². The Morgan fingerprint density at radius 3 is 2.81 bits per heavy atom. The van der Waals surface area contributed by atoms with Crippen molar-refractivity contribution in [1.82, 2.24) is 15.3 Å². The van der Waals surface area contributed by atoms with Crippen LogP contribution in [0.1, 0.15) is 49.7 Å². The van der Waals surface area contributed by atoms with Crippen molar-refractivity contribution in [2.24, 2.45) is 5.92 Å². The lowest BCUT2D eigenvalue weighted by molar-refractivity contribution is 0.0287. The van der Waals surface area contributed by atoms with Crippen molar-refractivity contribution in [2.75, 3.05) is 27.4 Å². The van der Waals surface area contributed by atoms with Gasteiger partial charge in [0.15, 0.2) is 5.82 Å². The van der Waals surface area contributed by atoms with Crippen LogP contribution >= 0.6 is 0 Å². The molecule has 5 heteroatoms. The Balaban J connectivity index is 1.96. The van der Waals surface area contributed by atoms with Gasteiger partial charge >= 0.3 is 0 Å². The topological polar surface area (TPSA) is 56.3 Å². The molecule has 0 aromatic carbocycles. The first-order valence-electron chi connectivity index (χ1n) is 7.89. The lowest BCUT2D eigenvalue weighted by Gasteiger charge is -2.28. The number of nitrogens with one attached hydrogen (secondary N) is 1. The van der Waals surface area contributed by atoms with E-state index in [1.807, 2.05) is 12.3 Å². The van der Waals surface area contributed by atoms with Crippen LogP contribution in [-0.4, -0.2) is 37.3 Å². The van der Waals surface area contributed by atoms with Gasteiger partial charge in [0.05, 0.1) is 12.3 Å². The largest absolute Gasteiger partial charge is 0.383 e. The fourth-order valence-corrected chi connectivity index (χ4v) is 2.98. The molecule has 1 N–H and O–H groups in total. The summed E-state index contributed by atoms with van der Waals surface area (Å²) in [6.07, 6.45) is 8.24. The molecule has 1 aliphatic carbocycles. The van der Waals surface area contributed by atoms with E-state index in [-0.39, 0.29) is 6.10 Å². The van der Waals surface area contributed by atoms with Gasteiger partial charge in [-0.2, -0.15) is 0 Å². The first-order valence-corrected chi connectivity index (χ1v) is 7.89. The van der Waals surface area contributed by atoms with E-state index in [1.165, 1.54) is 32.1 Å². The zero-order valence-electron chi connectivity index (χ0n) is 13.2. The molecule has 0 radical (unpaired) electrons. The standard InChI is InChI=1S/C16H27N3O2/c1-20-11-10-17-12-14-8-9-18-16(19-14)15(21-2)13-6-4-3-5-7-13/h8-9,13,15,17H,3-7,10-12H2,1-2H3. The minimum Gasteiger partial charge on any atom is -0.383 e. The van der Waals surface area contributed by atoms with Crippen molar-refractivity contribution in [3.05, 3.63) is 23.8 Å². The minimum atomic E-state index is 0.0317. The Morgan fingerprint density at radius 2 is 2.10 bits per heavy atom. The van der Waals surface area contributed by atoms with Crippen LogP contribution in [0.3, 0.4) is 0 Å². The van der Waals surface area contributed by atoms with Crippen molar-refractivity contribution >= 4 is 0 Å². The van der Waals surface area contributed by atoms with Gasteiger partial charge in [-0.3, -0.25) is 0 Å². The third-order valence-corrected chi connectivity index (χ3v) is 4.11. The summed E-state index contributed by atoms with van der Waals surface area (Å²) in [5.74, 6) is 1.39. The van der Waals surface area contributed by atoms with Gasteiger partial charge in [0.2, 0.25) is 0 Å². The van der Waals surface area contributed by atoms with Crippen molar-refractivity contribution in [3.8, 4) is 0 Å². The monoisotopic (exact) mass is 293 g/mol. The van der Waals surface area contributed by atoms with Gasteiger partial charge in [0.1, 0.15) is 6.10 Å². The van der Waals surface area contributed by atoms with Gasteiger partial charge in [0, 0.05) is 33.5 Å². The Kier molecular flexibility index (Phi) is 7.06. The maximum absolute atomic E-state index is 5.71. The number of methoxy groups -OCH3 is 2. The second kappa shape index (κ2) is 9.07. The molecule has 1 unspecified atom stereocenters. The van der Waals surface area contributed by atoms with Crippen LogP contribution in [-0.2, 0) is 16.0 Å². The summed E-state index contributed by atoms with van der Waals surface area (Å²) in [4.78, 5) is 9.12. The molecule has 0 bridgehead atoms. The van der Waals surface area contributed by atoms with E-state index in [1.54, 1.807) is 14.2 Å². The molecule has 0 saturated heterocycles. The van der Waals surface area contributed by atoms with Gasteiger partial charge in [-0.1, -0.05) is 19.3 Å². The lowest BCUT2D eigenvalue weighted by atomic mass is 9.85. The van der Waals surface area contributed by atoms with Crippen molar-refractivity contribution in [2.45, 2.75) is 44.8 Å². The number of hydrogen-bond donors (Lipinski definition) is 1. The third-order valence-electron chi connectivity index (χ3n) is 4.11. The first kappa shape index (κ1) is 16.3. The van der Waals surface area contributed by atoms with E-state index in [9.17, 15) is 0 Å². The molecule has 118 valence electrons. The predicted molar refractivity (Wildman–Crippen MR) is 81.9 cm³/mol. The van der Waals surface area contributed by atoms with E-state index in [0.717, 1.165) is 24.6 Å². The highest BCUT2D eigenvalue weighted by Gasteiger charge is 2.27. The van der Waals surface area contributed by atoms with E-state index in [4.69, 9.17) is 9.47 Å². The maximum Gasteiger partial charge on any atom is 0.157 e.